The number of hydrogen-bond donors (Lipinski definition) is 2. The van der Waals surface area contributed by atoms with Crippen molar-refractivity contribution in [3.05, 3.63) is 100 Å². The highest BCUT2D eigenvalue weighted by Gasteiger charge is 2.42. The number of Topliss-reactive ketones (excluding diaryl/α,β-unsaturated/α-hetero) is 1. The van der Waals surface area contributed by atoms with Crippen molar-refractivity contribution >= 4 is 22.5 Å². The van der Waals surface area contributed by atoms with Gasteiger partial charge >= 0.3 is 5.97 Å². The second-order valence-corrected chi connectivity index (χ2v) is 10.5. The van der Waals surface area contributed by atoms with Crippen LogP contribution in [0.25, 0.3) is 10.8 Å². The SMILES string of the molecule is CC1=C(C(=O)OC2CCCC2)C(c2cccc(O)c2)C2=C(CC(c3ccc4ccccc4c3)CC2=O)N1. The van der Waals surface area contributed by atoms with Crippen LogP contribution in [-0.4, -0.2) is 23.0 Å². The van der Waals surface area contributed by atoms with Crippen LogP contribution >= 0.6 is 0 Å². The van der Waals surface area contributed by atoms with Gasteiger partial charge in [0, 0.05) is 29.3 Å². The minimum atomic E-state index is -0.567. The van der Waals surface area contributed by atoms with Gasteiger partial charge in [0.15, 0.2) is 5.78 Å². The number of nitrogens with one attached hydrogen (secondary N) is 1. The average Bonchev–Trinajstić information content (AvgIpc) is 3.40. The molecule has 0 saturated heterocycles. The standard InChI is InChI=1S/C32H31NO4/c1-19-29(32(36)37-26-11-4-5-12-26)30(23-9-6-10-25(34)16-23)31-27(33-19)17-24(18-28(31)35)22-14-13-20-7-2-3-8-21(20)15-22/h2-3,6-10,13-16,24,26,30,33-34H,4-5,11-12,17-18H2,1H3. The molecule has 188 valence electrons. The summed E-state index contributed by atoms with van der Waals surface area (Å²) in [5.41, 5.74) is 4.52. The summed E-state index contributed by atoms with van der Waals surface area (Å²) in [6, 6.07) is 21.6. The van der Waals surface area contributed by atoms with Gasteiger partial charge in [-0.15, -0.1) is 0 Å². The Morgan fingerprint density at radius 1 is 0.919 bits per heavy atom. The van der Waals surface area contributed by atoms with Crippen LogP contribution in [-0.2, 0) is 14.3 Å². The minimum absolute atomic E-state index is 0.0268. The molecule has 5 heteroatoms. The molecule has 37 heavy (non-hydrogen) atoms. The third kappa shape index (κ3) is 4.43. The summed E-state index contributed by atoms with van der Waals surface area (Å²) < 4.78 is 5.92. The van der Waals surface area contributed by atoms with Crippen molar-refractivity contribution in [3.63, 3.8) is 0 Å². The summed E-state index contributed by atoms with van der Waals surface area (Å²) in [7, 11) is 0. The maximum Gasteiger partial charge on any atom is 0.337 e. The van der Waals surface area contributed by atoms with Gasteiger partial charge in [-0.3, -0.25) is 4.79 Å². The minimum Gasteiger partial charge on any atom is -0.508 e. The van der Waals surface area contributed by atoms with Crippen molar-refractivity contribution in [1.82, 2.24) is 5.32 Å². The van der Waals surface area contributed by atoms with Gasteiger partial charge in [0.25, 0.3) is 0 Å². The van der Waals surface area contributed by atoms with Crippen LogP contribution in [0, 0.1) is 0 Å². The number of benzene rings is 3. The van der Waals surface area contributed by atoms with E-state index in [1.54, 1.807) is 18.2 Å². The van der Waals surface area contributed by atoms with E-state index in [2.05, 4.69) is 35.6 Å². The Hall–Kier alpha value is -3.86. The molecule has 2 unspecified atom stereocenters. The predicted octanol–water partition coefficient (Wildman–Crippen LogP) is 6.39. The van der Waals surface area contributed by atoms with Crippen LogP contribution in [0.1, 0.15) is 68.4 Å². The summed E-state index contributed by atoms with van der Waals surface area (Å²) in [6.07, 6.45) is 4.86. The monoisotopic (exact) mass is 493 g/mol. The molecule has 1 aliphatic heterocycles. The van der Waals surface area contributed by atoms with Crippen molar-refractivity contribution in [2.24, 2.45) is 0 Å². The summed E-state index contributed by atoms with van der Waals surface area (Å²) in [6.45, 7) is 1.88. The molecule has 3 aromatic carbocycles. The Morgan fingerprint density at radius 3 is 2.49 bits per heavy atom. The quantitative estimate of drug-likeness (QED) is 0.412. The molecule has 0 amide bonds. The number of ether oxygens (including phenoxy) is 1. The number of hydrogen-bond acceptors (Lipinski definition) is 5. The van der Waals surface area contributed by atoms with Crippen LogP contribution in [0.5, 0.6) is 5.75 Å². The first-order valence-electron chi connectivity index (χ1n) is 13.2. The van der Waals surface area contributed by atoms with Crippen molar-refractivity contribution in [2.75, 3.05) is 0 Å². The van der Waals surface area contributed by atoms with E-state index >= 15 is 0 Å². The second-order valence-electron chi connectivity index (χ2n) is 10.5. The van der Waals surface area contributed by atoms with Crippen LogP contribution in [0.2, 0.25) is 0 Å². The first kappa shape index (κ1) is 23.5. The topological polar surface area (TPSA) is 75.6 Å². The van der Waals surface area contributed by atoms with Crippen LogP contribution in [0.15, 0.2) is 89.3 Å². The number of carbonyl (C=O) groups excluding carboxylic acids is 2. The highest BCUT2D eigenvalue weighted by molar-refractivity contribution is 6.04. The molecule has 0 aromatic heterocycles. The van der Waals surface area contributed by atoms with E-state index in [0.717, 1.165) is 47.9 Å². The molecule has 2 N–H and O–H groups in total. The fourth-order valence-electron chi connectivity index (χ4n) is 6.27. The highest BCUT2D eigenvalue weighted by atomic mass is 16.5. The number of aromatic hydroxyl groups is 1. The van der Waals surface area contributed by atoms with Crippen molar-refractivity contribution in [1.29, 1.82) is 0 Å². The molecule has 2 aliphatic carbocycles. The third-order valence-corrected chi connectivity index (χ3v) is 8.07. The van der Waals surface area contributed by atoms with E-state index in [1.165, 1.54) is 5.39 Å². The maximum absolute atomic E-state index is 13.8. The fourth-order valence-corrected chi connectivity index (χ4v) is 6.27. The molecule has 0 radical (unpaired) electrons. The molecule has 3 aromatic rings. The van der Waals surface area contributed by atoms with Gasteiger partial charge in [-0.1, -0.05) is 54.6 Å². The van der Waals surface area contributed by atoms with Gasteiger partial charge in [0.1, 0.15) is 11.9 Å². The third-order valence-electron chi connectivity index (χ3n) is 8.07. The number of dihydropyridines is 1. The number of rotatable bonds is 4. The number of phenolic OH excluding ortho intramolecular Hbond substituents is 1. The molecule has 1 heterocycles. The van der Waals surface area contributed by atoms with Gasteiger partial charge in [-0.2, -0.15) is 0 Å². The molecule has 1 saturated carbocycles. The van der Waals surface area contributed by atoms with E-state index in [9.17, 15) is 14.7 Å². The summed E-state index contributed by atoms with van der Waals surface area (Å²) in [5.74, 6) is -0.757. The van der Waals surface area contributed by atoms with E-state index in [1.807, 2.05) is 25.1 Å². The van der Waals surface area contributed by atoms with Gasteiger partial charge in [-0.25, -0.2) is 4.79 Å². The lowest BCUT2D eigenvalue weighted by Crippen LogP contribution is -2.36. The van der Waals surface area contributed by atoms with Crippen molar-refractivity contribution < 1.29 is 19.4 Å². The molecule has 6 rings (SSSR count). The summed E-state index contributed by atoms with van der Waals surface area (Å²) in [5, 5.41) is 16.0. The molecule has 0 bridgehead atoms. The molecule has 5 nitrogen and oxygen atoms in total. The molecule has 1 fully saturated rings. The van der Waals surface area contributed by atoms with E-state index < -0.39 is 5.92 Å². The van der Waals surface area contributed by atoms with E-state index in [0.29, 0.717) is 29.7 Å². The first-order valence-corrected chi connectivity index (χ1v) is 13.2. The zero-order valence-electron chi connectivity index (χ0n) is 21.0. The molecular formula is C32H31NO4. The lowest BCUT2D eigenvalue weighted by molar-refractivity contribution is -0.144. The van der Waals surface area contributed by atoms with E-state index in [-0.39, 0.29) is 29.5 Å². The van der Waals surface area contributed by atoms with Crippen molar-refractivity contribution in [2.45, 2.75) is 63.4 Å². The molecule has 2 atom stereocenters. The Labute approximate surface area is 216 Å². The van der Waals surface area contributed by atoms with Gasteiger partial charge < -0.3 is 15.2 Å². The molecular weight excluding hydrogens is 462 g/mol. The Kier molecular flexibility index (Phi) is 6.07. The normalized spacial score (nSPS) is 22.2. The number of phenols is 1. The number of allylic oxidation sites excluding steroid dienone is 3. The zero-order chi connectivity index (χ0) is 25.5. The van der Waals surface area contributed by atoms with Gasteiger partial charge in [0.2, 0.25) is 0 Å². The van der Waals surface area contributed by atoms with Crippen LogP contribution in [0.3, 0.4) is 0 Å². The Morgan fingerprint density at radius 2 is 1.70 bits per heavy atom. The predicted molar refractivity (Wildman–Crippen MR) is 143 cm³/mol. The van der Waals surface area contributed by atoms with Crippen molar-refractivity contribution in [3.8, 4) is 5.75 Å². The lowest BCUT2D eigenvalue weighted by atomic mass is 9.71. The van der Waals surface area contributed by atoms with Crippen LogP contribution < -0.4 is 5.32 Å². The van der Waals surface area contributed by atoms with Gasteiger partial charge in [-0.05, 0) is 79.0 Å². The maximum atomic E-state index is 13.8. The number of fused-ring (bicyclic) bond motifs is 1. The Bertz CT molecular complexity index is 1460. The average molecular weight is 494 g/mol. The molecule has 3 aliphatic rings. The lowest BCUT2D eigenvalue weighted by Gasteiger charge is -2.37. The molecule has 0 spiro atoms. The zero-order valence-corrected chi connectivity index (χ0v) is 21.0. The first-order chi connectivity index (χ1) is 18.0. The number of carbonyl (C=O) groups is 2. The Balaban J connectivity index is 1.38. The summed E-state index contributed by atoms with van der Waals surface area (Å²) in [4.78, 5) is 27.3. The second kappa shape index (κ2) is 9.55. The number of esters is 1. The van der Waals surface area contributed by atoms with Crippen LogP contribution in [0.4, 0.5) is 0 Å². The van der Waals surface area contributed by atoms with Gasteiger partial charge in [0.05, 0.1) is 5.57 Å². The smallest absolute Gasteiger partial charge is 0.337 e. The van der Waals surface area contributed by atoms with E-state index in [4.69, 9.17) is 4.74 Å². The fraction of sp³-hybridized carbons (Fsp3) is 0.312. The summed E-state index contributed by atoms with van der Waals surface area (Å²) >= 11 is 0. The highest BCUT2D eigenvalue weighted by Crippen LogP contribution is 2.46. The largest absolute Gasteiger partial charge is 0.508 e. The number of ketones is 1.